The van der Waals surface area contributed by atoms with Gasteiger partial charge in [-0.05, 0) is 55.8 Å². The van der Waals surface area contributed by atoms with Gasteiger partial charge in [0, 0.05) is 0 Å². The summed E-state index contributed by atoms with van der Waals surface area (Å²) in [4.78, 5) is -0.154. The minimum atomic E-state index is -4.35. The number of rotatable bonds is 6. The summed E-state index contributed by atoms with van der Waals surface area (Å²) in [5, 5.41) is 1.68. The van der Waals surface area contributed by atoms with Gasteiger partial charge in [-0.25, -0.2) is 16.8 Å². The van der Waals surface area contributed by atoms with Gasteiger partial charge in [-0.1, -0.05) is 35.4 Å². The summed E-state index contributed by atoms with van der Waals surface area (Å²) in [6, 6.07) is 13.8. The summed E-state index contributed by atoms with van der Waals surface area (Å²) in [6.45, 7) is 3.67. The van der Waals surface area contributed by atoms with Gasteiger partial charge < -0.3 is 0 Å². The second kappa shape index (κ2) is 7.90. The first kappa shape index (κ1) is 20.9. The third kappa shape index (κ3) is 3.84. The molecule has 0 bridgehead atoms. The quantitative estimate of drug-likeness (QED) is 0.507. The molecule has 0 saturated heterocycles. The third-order valence-corrected chi connectivity index (χ3v) is 10.3. The van der Waals surface area contributed by atoms with Gasteiger partial charge in [-0.15, -0.1) is 23.1 Å². The predicted octanol–water partition coefficient (Wildman–Crippen LogP) is 4.67. The fourth-order valence-electron chi connectivity index (χ4n) is 2.58. The zero-order valence-corrected chi connectivity index (χ0v) is 18.8. The van der Waals surface area contributed by atoms with Gasteiger partial charge in [-0.3, -0.25) is 0 Å². The minimum Gasteiger partial charge on any atom is -0.200 e. The molecule has 0 amide bonds. The molecular weight excluding hydrogens is 434 g/mol. The van der Waals surface area contributed by atoms with Crippen molar-refractivity contribution in [1.82, 2.24) is 0 Å². The normalized spacial score (nSPS) is 12.1. The molecule has 3 rings (SSSR count). The molecule has 28 heavy (non-hydrogen) atoms. The molecule has 1 heterocycles. The number of hydrogen-bond donors (Lipinski definition) is 0. The van der Waals surface area contributed by atoms with E-state index < -0.39 is 20.0 Å². The highest BCUT2D eigenvalue weighted by Gasteiger charge is 2.38. The summed E-state index contributed by atoms with van der Waals surface area (Å²) >= 11 is 2.60. The fourth-order valence-corrected chi connectivity index (χ4v) is 8.04. The lowest BCUT2D eigenvalue weighted by Crippen LogP contribution is -2.37. The van der Waals surface area contributed by atoms with Crippen LogP contribution in [0, 0.1) is 13.8 Å². The van der Waals surface area contributed by atoms with Crippen molar-refractivity contribution in [2.45, 2.75) is 27.8 Å². The van der Waals surface area contributed by atoms with Crippen LogP contribution in [0.25, 0.3) is 0 Å². The Morgan fingerprint density at radius 3 is 1.57 bits per heavy atom. The maximum Gasteiger partial charge on any atom is 0.277 e. The molecule has 148 valence electrons. The highest BCUT2D eigenvalue weighted by Crippen LogP contribution is 2.40. The van der Waals surface area contributed by atoms with Gasteiger partial charge in [0.15, 0.2) is 0 Å². The van der Waals surface area contributed by atoms with Crippen molar-refractivity contribution in [2.24, 2.45) is 0 Å². The second-order valence-corrected chi connectivity index (χ2v) is 11.9. The molecule has 0 N–H and O–H groups in total. The van der Waals surface area contributed by atoms with Crippen LogP contribution in [0.5, 0.6) is 0 Å². The van der Waals surface area contributed by atoms with Crippen LogP contribution in [0.15, 0.2) is 74.0 Å². The Balaban J connectivity index is 2.27. The second-order valence-electron chi connectivity index (χ2n) is 6.13. The first-order valence-corrected chi connectivity index (χ1v) is 13.2. The van der Waals surface area contributed by atoms with Crippen LogP contribution in [0.1, 0.15) is 11.1 Å². The maximum absolute atomic E-state index is 13.4. The number of sulfonamides is 2. The molecular formula is C19H19NO4S4. The Morgan fingerprint density at radius 1 is 0.750 bits per heavy atom. The number of aryl methyl sites for hydroxylation is 2. The van der Waals surface area contributed by atoms with Crippen molar-refractivity contribution in [2.75, 3.05) is 9.97 Å². The Bertz CT molecular complexity index is 1100. The van der Waals surface area contributed by atoms with E-state index in [2.05, 4.69) is 0 Å². The van der Waals surface area contributed by atoms with Crippen LogP contribution in [0.2, 0.25) is 0 Å². The average Bonchev–Trinajstić information content (AvgIpc) is 3.10. The van der Waals surface area contributed by atoms with Crippen molar-refractivity contribution in [3.63, 3.8) is 0 Å². The highest BCUT2D eigenvalue weighted by atomic mass is 32.3. The van der Waals surface area contributed by atoms with Crippen molar-refractivity contribution >= 4 is 48.8 Å². The summed E-state index contributed by atoms with van der Waals surface area (Å²) in [6.07, 6.45) is 1.78. The Labute approximate surface area is 174 Å². The van der Waals surface area contributed by atoms with Crippen LogP contribution in [0.3, 0.4) is 0 Å². The van der Waals surface area contributed by atoms with E-state index in [0.29, 0.717) is 7.92 Å². The molecule has 0 radical (unpaired) electrons. The lowest BCUT2D eigenvalue weighted by molar-refractivity contribution is 0.584. The monoisotopic (exact) mass is 453 g/mol. The first-order chi connectivity index (χ1) is 13.2. The third-order valence-electron chi connectivity index (χ3n) is 4.07. The molecule has 9 heteroatoms. The summed E-state index contributed by atoms with van der Waals surface area (Å²) in [5.74, 6) is 0. The predicted molar refractivity (Wildman–Crippen MR) is 115 cm³/mol. The van der Waals surface area contributed by atoms with Crippen LogP contribution < -0.4 is 3.71 Å². The largest absolute Gasteiger partial charge is 0.277 e. The van der Waals surface area contributed by atoms with Gasteiger partial charge in [0.05, 0.1) is 19.7 Å². The average molecular weight is 454 g/mol. The molecule has 3 aromatic rings. The van der Waals surface area contributed by atoms with E-state index in [0.717, 1.165) is 11.1 Å². The van der Waals surface area contributed by atoms with Crippen molar-refractivity contribution in [3.05, 3.63) is 71.1 Å². The zero-order valence-electron chi connectivity index (χ0n) is 15.5. The minimum absolute atomic E-state index is 0.0768. The number of nitrogens with zero attached hydrogens (tertiary/aromatic N) is 1. The van der Waals surface area contributed by atoms with Gasteiger partial charge in [0.25, 0.3) is 20.0 Å². The molecule has 0 aliphatic carbocycles. The van der Waals surface area contributed by atoms with Crippen molar-refractivity contribution in [3.8, 4) is 0 Å². The highest BCUT2D eigenvalue weighted by molar-refractivity contribution is 8.10. The molecule has 0 saturated carbocycles. The first-order valence-electron chi connectivity index (χ1n) is 8.23. The maximum atomic E-state index is 13.4. The standard InChI is InChI=1S/C19H19NO4S4/c1-14-4-8-16(9-5-14)27(21,22)20(18-12-13-26-19(18)25-3)28(23,24)17-10-6-15(2)7-11-17/h4-13H,1-3H3. The molecule has 1 aromatic heterocycles. The number of hydrogen-bond acceptors (Lipinski definition) is 6. The van der Waals surface area contributed by atoms with E-state index in [1.165, 1.54) is 53.4 Å². The fraction of sp³-hybridized carbons (Fsp3) is 0.158. The van der Waals surface area contributed by atoms with Crippen LogP contribution in [-0.2, 0) is 20.0 Å². The van der Waals surface area contributed by atoms with Crippen LogP contribution in [0.4, 0.5) is 5.69 Å². The molecule has 2 aromatic carbocycles. The van der Waals surface area contributed by atoms with Crippen LogP contribution >= 0.6 is 23.1 Å². The smallest absolute Gasteiger partial charge is 0.200 e. The molecule has 5 nitrogen and oxygen atoms in total. The number of anilines is 1. The molecule has 0 unspecified atom stereocenters. The number of benzene rings is 2. The number of thiophene rings is 1. The van der Waals surface area contributed by atoms with E-state index in [-0.39, 0.29) is 15.5 Å². The molecule has 0 atom stereocenters. The molecule has 0 spiro atoms. The van der Waals surface area contributed by atoms with E-state index >= 15 is 0 Å². The van der Waals surface area contributed by atoms with Gasteiger partial charge in [0.2, 0.25) is 0 Å². The molecule has 0 aliphatic heterocycles. The summed E-state index contributed by atoms with van der Waals surface area (Å²) < 4.78 is 54.9. The van der Waals surface area contributed by atoms with E-state index in [4.69, 9.17) is 0 Å². The van der Waals surface area contributed by atoms with E-state index in [1.54, 1.807) is 35.9 Å². The Morgan fingerprint density at radius 2 is 1.18 bits per heavy atom. The lowest BCUT2D eigenvalue weighted by atomic mass is 10.2. The van der Waals surface area contributed by atoms with Crippen LogP contribution in [-0.4, -0.2) is 23.1 Å². The molecule has 0 fully saturated rings. The van der Waals surface area contributed by atoms with Gasteiger partial charge in [-0.2, -0.15) is 3.71 Å². The lowest BCUT2D eigenvalue weighted by Gasteiger charge is -2.24. The summed E-state index contributed by atoms with van der Waals surface area (Å²) in [5.41, 5.74) is 1.90. The van der Waals surface area contributed by atoms with Crippen molar-refractivity contribution < 1.29 is 16.8 Å². The SMILES string of the molecule is CSc1sccc1N(S(=O)(=O)c1ccc(C)cc1)S(=O)(=O)c1ccc(C)cc1. The summed E-state index contributed by atoms with van der Waals surface area (Å²) in [7, 11) is -8.70. The Hall–Kier alpha value is -1.81. The molecule has 0 aliphatic rings. The number of thioether (sulfide) groups is 1. The topological polar surface area (TPSA) is 71.5 Å². The van der Waals surface area contributed by atoms with Crippen molar-refractivity contribution in [1.29, 1.82) is 0 Å². The van der Waals surface area contributed by atoms with E-state index in [1.807, 2.05) is 13.8 Å². The van der Waals surface area contributed by atoms with Gasteiger partial charge >= 0.3 is 0 Å². The zero-order chi connectivity index (χ0) is 20.5. The van der Waals surface area contributed by atoms with Gasteiger partial charge in [0.1, 0.15) is 0 Å². The Kier molecular flexibility index (Phi) is 5.90. The van der Waals surface area contributed by atoms with E-state index in [9.17, 15) is 16.8 Å².